The predicted octanol–water partition coefficient (Wildman–Crippen LogP) is 3.66. The summed E-state index contributed by atoms with van der Waals surface area (Å²) in [7, 11) is 0. The first kappa shape index (κ1) is 19.5. The molecule has 0 aliphatic heterocycles. The van der Waals surface area contributed by atoms with Gasteiger partial charge in [-0.3, -0.25) is 14.4 Å². The molecule has 0 heterocycles. The lowest BCUT2D eigenvalue weighted by molar-refractivity contribution is -0.152. The molecule has 28 heavy (non-hydrogen) atoms. The van der Waals surface area contributed by atoms with Gasteiger partial charge in [-0.05, 0) is 30.0 Å². The number of rotatable bonds is 6. The van der Waals surface area contributed by atoms with Gasteiger partial charge in [0, 0.05) is 12.5 Å². The zero-order valence-electron chi connectivity index (χ0n) is 15.7. The van der Waals surface area contributed by atoms with E-state index in [2.05, 4.69) is 0 Å². The summed E-state index contributed by atoms with van der Waals surface area (Å²) in [6.45, 7) is 1.39. The summed E-state index contributed by atoms with van der Waals surface area (Å²) in [4.78, 5) is 37.3. The molecule has 2 aromatic rings. The zero-order valence-corrected chi connectivity index (χ0v) is 15.7. The number of hydrogen-bond acceptors (Lipinski definition) is 5. The van der Waals surface area contributed by atoms with Gasteiger partial charge in [0.05, 0.1) is 0 Å². The number of Topliss-reactive ketones (excluding diaryl/α,β-unsaturated/α-hetero) is 1. The van der Waals surface area contributed by atoms with Crippen molar-refractivity contribution in [2.45, 2.75) is 26.4 Å². The minimum absolute atomic E-state index is 0.00201. The van der Waals surface area contributed by atoms with Gasteiger partial charge in [-0.15, -0.1) is 0 Å². The Hall–Kier alpha value is -3.21. The van der Waals surface area contributed by atoms with E-state index < -0.39 is 17.4 Å². The summed E-state index contributed by atoms with van der Waals surface area (Å²) in [6.07, 6.45) is 3.96. The second-order valence-corrected chi connectivity index (χ2v) is 6.72. The van der Waals surface area contributed by atoms with Crippen LogP contribution >= 0.6 is 0 Å². The highest BCUT2D eigenvalue weighted by molar-refractivity contribution is 6.15. The number of benzene rings is 2. The summed E-state index contributed by atoms with van der Waals surface area (Å²) >= 11 is 0. The molecule has 0 amide bonds. The van der Waals surface area contributed by atoms with Crippen molar-refractivity contribution < 1.29 is 23.9 Å². The Morgan fingerprint density at radius 2 is 1.75 bits per heavy atom. The van der Waals surface area contributed by atoms with Crippen LogP contribution in [0.4, 0.5) is 0 Å². The van der Waals surface area contributed by atoms with E-state index >= 15 is 0 Å². The van der Waals surface area contributed by atoms with Gasteiger partial charge in [-0.1, -0.05) is 60.7 Å². The van der Waals surface area contributed by atoms with Crippen LogP contribution in [0.25, 0.3) is 0 Å². The molecule has 3 rings (SSSR count). The fraction of sp³-hybridized carbons (Fsp3) is 0.261. The topological polar surface area (TPSA) is 69.7 Å². The molecule has 0 saturated carbocycles. The Morgan fingerprint density at radius 3 is 2.50 bits per heavy atom. The van der Waals surface area contributed by atoms with Crippen molar-refractivity contribution in [3.05, 3.63) is 83.4 Å². The normalized spacial score (nSPS) is 18.5. The molecule has 0 unspecified atom stereocenters. The van der Waals surface area contributed by atoms with Crippen molar-refractivity contribution in [1.82, 2.24) is 0 Å². The molecule has 1 atom stereocenters. The first-order valence-corrected chi connectivity index (χ1v) is 9.18. The molecule has 0 bridgehead atoms. The number of esters is 2. The Labute approximate surface area is 164 Å². The Morgan fingerprint density at radius 1 is 1.04 bits per heavy atom. The number of carbonyl (C=O) groups is 3. The summed E-state index contributed by atoms with van der Waals surface area (Å²) in [5.41, 5.74) is 0.886. The maximum atomic E-state index is 13.3. The molecule has 0 saturated heterocycles. The molecule has 0 spiro atoms. The van der Waals surface area contributed by atoms with Crippen LogP contribution in [0.1, 0.15) is 34.8 Å². The molecule has 0 N–H and O–H groups in total. The molecule has 1 aliphatic rings. The van der Waals surface area contributed by atoms with Gasteiger partial charge >= 0.3 is 11.9 Å². The first-order valence-electron chi connectivity index (χ1n) is 9.18. The molecule has 0 fully saturated rings. The average molecular weight is 378 g/mol. The van der Waals surface area contributed by atoms with Gasteiger partial charge in [0.25, 0.3) is 0 Å². The van der Waals surface area contributed by atoms with Gasteiger partial charge in [0.1, 0.15) is 18.6 Å². The second kappa shape index (κ2) is 8.65. The van der Waals surface area contributed by atoms with Crippen LogP contribution in [0.3, 0.4) is 0 Å². The highest BCUT2D eigenvalue weighted by Crippen LogP contribution is 2.38. The maximum Gasteiger partial charge on any atom is 0.324 e. The SMILES string of the molecule is CC(=O)OC/C=C/[C@@]1(C(=O)OCc2ccccc2)CCc2ccccc2C1=O. The summed E-state index contributed by atoms with van der Waals surface area (Å²) in [6, 6.07) is 16.6. The lowest BCUT2D eigenvalue weighted by Crippen LogP contribution is -2.42. The summed E-state index contributed by atoms with van der Waals surface area (Å²) < 4.78 is 10.4. The molecule has 5 heteroatoms. The van der Waals surface area contributed by atoms with Crippen molar-refractivity contribution in [1.29, 1.82) is 0 Å². The van der Waals surface area contributed by atoms with Crippen LogP contribution in [0, 0.1) is 5.41 Å². The van der Waals surface area contributed by atoms with Crippen molar-refractivity contribution in [2.75, 3.05) is 6.61 Å². The minimum Gasteiger partial charge on any atom is -0.462 e. The van der Waals surface area contributed by atoms with Crippen LogP contribution in [0.5, 0.6) is 0 Å². The van der Waals surface area contributed by atoms with Gasteiger partial charge < -0.3 is 9.47 Å². The lowest BCUT2D eigenvalue weighted by atomic mass is 9.70. The van der Waals surface area contributed by atoms with Gasteiger partial charge in [0.2, 0.25) is 0 Å². The number of ether oxygens (including phenoxy) is 2. The monoisotopic (exact) mass is 378 g/mol. The molecule has 0 aromatic heterocycles. The quantitative estimate of drug-likeness (QED) is 0.436. The van der Waals surface area contributed by atoms with E-state index in [0.29, 0.717) is 18.4 Å². The highest BCUT2D eigenvalue weighted by atomic mass is 16.5. The van der Waals surface area contributed by atoms with Crippen molar-refractivity contribution >= 4 is 17.7 Å². The average Bonchev–Trinajstić information content (AvgIpc) is 2.72. The van der Waals surface area contributed by atoms with Crippen LogP contribution in [-0.2, 0) is 32.1 Å². The Balaban J connectivity index is 1.85. The molecular formula is C23H22O5. The van der Waals surface area contributed by atoms with Crippen molar-refractivity contribution in [2.24, 2.45) is 5.41 Å². The third kappa shape index (κ3) is 4.19. The maximum absolute atomic E-state index is 13.3. The fourth-order valence-electron chi connectivity index (χ4n) is 3.33. The molecule has 1 aliphatic carbocycles. The Kier molecular flexibility index (Phi) is 6.04. The third-order valence-corrected chi connectivity index (χ3v) is 4.82. The minimum atomic E-state index is -1.41. The highest BCUT2D eigenvalue weighted by Gasteiger charge is 2.48. The number of fused-ring (bicyclic) bond motifs is 1. The van der Waals surface area contributed by atoms with E-state index in [4.69, 9.17) is 9.47 Å². The molecule has 144 valence electrons. The molecule has 0 radical (unpaired) electrons. The fourth-order valence-corrected chi connectivity index (χ4v) is 3.33. The van der Waals surface area contributed by atoms with E-state index in [1.165, 1.54) is 19.1 Å². The molecule has 2 aromatic carbocycles. The zero-order chi connectivity index (χ0) is 20.0. The van der Waals surface area contributed by atoms with Crippen LogP contribution in [0.15, 0.2) is 66.7 Å². The van der Waals surface area contributed by atoms with Crippen LogP contribution in [-0.4, -0.2) is 24.3 Å². The van der Waals surface area contributed by atoms with Gasteiger partial charge in [-0.25, -0.2) is 0 Å². The lowest BCUT2D eigenvalue weighted by Gasteiger charge is -2.32. The smallest absolute Gasteiger partial charge is 0.324 e. The van der Waals surface area contributed by atoms with Crippen molar-refractivity contribution in [3.8, 4) is 0 Å². The van der Waals surface area contributed by atoms with Gasteiger partial charge in [0.15, 0.2) is 5.78 Å². The number of ketones is 1. The largest absolute Gasteiger partial charge is 0.462 e. The van der Waals surface area contributed by atoms with Crippen LogP contribution < -0.4 is 0 Å². The number of hydrogen-bond donors (Lipinski definition) is 0. The molecular weight excluding hydrogens is 356 g/mol. The van der Waals surface area contributed by atoms with E-state index in [-0.39, 0.29) is 19.0 Å². The Bertz CT molecular complexity index is 900. The van der Waals surface area contributed by atoms with Crippen LogP contribution in [0.2, 0.25) is 0 Å². The predicted molar refractivity (Wildman–Crippen MR) is 104 cm³/mol. The summed E-state index contributed by atoms with van der Waals surface area (Å²) in [5.74, 6) is -1.30. The first-order chi connectivity index (χ1) is 13.5. The summed E-state index contributed by atoms with van der Waals surface area (Å²) in [5, 5.41) is 0. The van der Waals surface area contributed by atoms with E-state index in [1.54, 1.807) is 12.1 Å². The third-order valence-electron chi connectivity index (χ3n) is 4.82. The van der Waals surface area contributed by atoms with E-state index in [9.17, 15) is 14.4 Å². The number of carbonyl (C=O) groups excluding carboxylic acids is 3. The van der Waals surface area contributed by atoms with Crippen molar-refractivity contribution in [3.63, 3.8) is 0 Å². The standard InChI is InChI=1S/C23H22O5/c1-17(24)27-15-7-13-23(22(26)28-16-18-8-3-2-4-9-18)14-12-19-10-5-6-11-20(19)21(23)25/h2-11,13H,12,14-16H2,1H3/b13-7+/t23-/m1/s1. The van der Waals surface area contributed by atoms with E-state index in [0.717, 1.165) is 11.1 Å². The second-order valence-electron chi connectivity index (χ2n) is 6.72. The molecule has 5 nitrogen and oxygen atoms in total. The number of aryl methyl sites for hydroxylation is 1. The van der Waals surface area contributed by atoms with Gasteiger partial charge in [-0.2, -0.15) is 0 Å². The van der Waals surface area contributed by atoms with E-state index in [1.807, 2.05) is 42.5 Å².